The Kier molecular flexibility index (Phi) is 11.1. The minimum Gasteiger partial charge on any atom is -0.490 e. The molecule has 2 N–H and O–H groups in total. The molecule has 1 aromatic carbocycles. The lowest BCUT2D eigenvalue weighted by atomic mass is 10.1. The third kappa shape index (κ3) is 8.19. The molecule has 166 valence electrons. The third-order valence-electron chi connectivity index (χ3n) is 4.60. The smallest absolute Gasteiger partial charge is 0.191 e. The van der Waals surface area contributed by atoms with Gasteiger partial charge in [0.25, 0.3) is 0 Å². The molecule has 0 saturated carbocycles. The molecule has 29 heavy (non-hydrogen) atoms. The van der Waals surface area contributed by atoms with Gasteiger partial charge in [-0.05, 0) is 57.7 Å². The van der Waals surface area contributed by atoms with Crippen LogP contribution in [0.25, 0.3) is 0 Å². The largest absolute Gasteiger partial charge is 0.490 e. The molecule has 0 radical (unpaired) electrons. The first-order valence-electron chi connectivity index (χ1n) is 10.0. The van der Waals surface area contributed by atoms with Crippen LogP contribution in [0.15, 0.2) is 23.2 Å². The lowest BCUT2D eigenvalue weighted by Gasteiger charge is -2.20. The second-order valence-electron chi connectivity index (χ2n) is 6.93. The number of benzene rings is 1. The van der Waals surface area contributed by atoms with Crippen molar-refractivity contribution in [3.63, 3.8) is 0 Å². The minimum atomic E-state index is -2.88. The number of rotatable bonds is 9. The molecule has 1 fully saturated rings. The van der Waals surface area contributed by atoms with E-state index in [1.54, 1.807) is 0 Å². The van der Waals surface area contributed by atoms with Crippen LogP contribution in [0, 0.1) is 5.92 Å². The summed E-state index contributed by atoms with van der Waals surface area (Å²) in [6, 6.07) is 5.92. The van der Waals surface area contributed by atoms with Gasteiger partial charge in [-0.2, -0.15) is 0 Å². The number of sulfone groups is 1. The summed E-state index contributed by atoms with van der Waals surface area (Å²) in [5.41, 5.74) is 1.06. The van der Waals surface area contributed by atoms with Gasteiger partial charge in [0.1, 0.15) is 0 Å². The Hall–Kier alpha value is -1.23. The summed E-state index contributed by atoms with van der Waals surface area (Å²) >= 11 is 0. The third-order valence-corrected chi connectivity index (χ3v) is 6.44. The van der Waals surface area contributed by atoms with E-state index < -0.39 is 9.84 Å². The van der Waals surface area contributed by atoms with Gasteiger partial charge in [0, 0.05) is 13.1 Å². The van der Waals surface area contributed by atoms with Gasteiger partial charge < -0.3 is 20.1 Å². The van der Waals surface area contributed by atoms with E-state index in [-0.39, 0.29) is 47.4 Å². The highest BCUT2D eigenvalue weighted by Crippen LogP contribution is 2.30. The van der Waals surface area contributed by atoms with Crippen LogP contribution >= 0.6 is 24.0 Å². The van der Waals surface area contributed by atoms with Crippen molar-refractivity contribution in [1.29, 1.82) is 0 Å². The maximum atomic E-state index is 11.6. The number of hydrogen-bond donors (Lipinski definition) is 2. The van der Waals surface area contributed by atoms with E-state index in [1.807, 2.05) is 39.0 Å². The van der Waals surface area contributed by atoms with E-state index in [0.717, 1.165) is 23.6 Å². The summed E-state index contributed by atoms with van der Waals surface area (Å²) in [5.74, 6) is 2.77. The fourth-order valence-electron chi connectivity index (χ4n) is 3.18. The average Bonchev–Trinajstić information content (AvgIpc) is 3.00. The lowest BCUT2D eigenvalue weighted by Crippen LogP contribution is -2.39. The maximum absolute atomic E-state index is 11.6. The van der Waals surface area contributed by atoms with Crippen LogP contribution in [0.4, 0.5) is 0 Å². The van der Waals surface area contributed by atoms with Gasteiger partial charge in [0.15, 0.2) is 27.3 Å². The quantitative estimate of drug-likeness (QED) is 0.285. The van der Waals surface area contributed by atoms with Gasteiger partial charge in [-0.15, -0.1) is 24.0 Å². The molecule has 0 spiro atoms. The van der Waals surface area contributed by atoms with Crippen molar-refractivity contribution in [1.82, 2.24) is 10.6 Å². The van der Waals surface area contributed by atoms with Crippen molar-refractivity contribution in [2.75, 3.05) is 37.8 Å². The highest BCUT2D eigenvalue weighted by Gasteiger charge is 2.27. The van der Waals surface area contributed by atoms with Gasteiger partial charge in [-0.25, -0.2) is 8.42 Å². The predicted octanol–water partition coefficient (Wildman–Crippen LogP) is 3.15. The second-order valence-corrected chi connectivity index (χ2v) is 9.16. The fraction of sp³-hybridized carbons (Fsp3) is 0.650. The Morgan fingerprint density at radius 2 is 1.90 bits per heavy atom. The van der Waals surface area contributed by atoms with Crippen molar-refractivity contribution < 1.29 is 17.9 Å². The number of guanidine groups is 1. The molecular weight excluding hydrogens is 505 g/mol. The second kappa shape index (κ2) is 12.5. The Balaban J connectivity index is 0.00000420. The Labute approximate surface area is 192 Å². The standard InChI is InChI=1S/C20H33N3O4S.HI/c1-5-21-20(22-13-16-10-11-28(24,25)14-16)23-15(4)17-8-9-18(26-6-2)19(12-17)27-7-3;/h8-9,12,15-16H,5-7,10-11,13-14H2,1-4H3,(H2,21,22,23);1H. The molecular formula is C20H34IN3O4S. The molecule has 2 rings (SSSR count). The van der Waals surface area contributed by atoms with Crippen molar-refractivity contribution >= 4 is 39.8 Å². The normalized spacial score (nSPS) is 19.2. The highest BCUT2D eigenvalue weighted by atomic mass is 127. The van der Waals surface area contributed by atoms with Gasteiger partial charge in [-0.1, -0.05) is 6.07 Å². The Morgan fingerprint density at radius 1 is 1.21 bits per heavy atom. The van der Waals surface area contributed by atoms with Crippen LogP contribution in [0.3, 0.4) is 0 Å². The molecule has 0 aliphatic carbocycles. The summed E-state index contributed by atoms with van der Waals surface area (Å²) < 4.78 is 34.6. The van der Waals surface area contributed by atoms with Crippen molar-refractivity contribution in [3.8, 4) is 11.5 Å². The zero-order chi connectivity index (χ0) is 20.6. The molecule has 1 aromatic rings. The average molecular weight is 539 g/mol. The first-order chi connectivity index (χ1) is 13.4. The predicted molar refractivity (Wildman–Crippen MR) is 128 cm³/mol. The summed E-state index contributed by atoms with van der Waals surface area (Å²) in [4.78, 5) is 4.61. The van der Waals surface area contributed by atoms with Crippen LogP contribution in [0.2, 0.25) is 0 Å². The van der Waals surface area contributed by atoms with Gasteiger partial charge in [0.05, 0.1) is 30.8 Å². The number of nitrogens with zero attached hydrogens (tertiary/aromatic N) is 1. The fourth-order valence-corrected chi connectivity index (χ4v) is 5.03. The number of ether oxygens (including phenoxy) is 2. The van der Waals surface area contributed by atoms with Crippen molar-refractivity contribution in [3.05, 3.63) is 23.8 Å². The van der Waals surface area contributed by atoms with E-state index in [4.69, 9.17) is 9.47 Å². The first-order valence-corrected chi connectivity index (χ1v) is 11.8. The molecule has 1 aliphatic heterocycles. The highest BCUT2D eigenvalue weighted by molar-refractivity contribution is 14.0. The van der Waals surface area contributed by atoms with Gasteiger partial charge in [0.2, 0.25) is 0 Å². The first kappa shape index (κ1) is 25.8. The van der Waals surface area contributed by atoms with Crippen LogP contribution < -0.4 is 20.1 Å². The van der Waals surface area contributed by atoms with Crippen LogP contribution in [-0.2, 0) is 9.84 Å². The minimum absolute atomic E-state index is 0. The van der Waals surface area contributed by atoms with E-state index in [9.17, 15) is 8.42 Å². The monoisotopic (exact) mass is 539 g/mol. The molecule has 2 unspecified atom stereocenters. The van der Waals surface area contributed by atoms with Gasteiger partial charge in [-0.3, -0.25) is 4.99 Å². The summed E-state index contributed by atoms with van der Waals surface area (Å²) in [7, 11) is -2.88. The summed E-state index contributed by atoms with van der Waals surface area (Å²) in [6.07, 6.45) is 0.692. The Bertz CT molecular complexity index is 771. The van der Waals surface area contributed by atoms with Crippen LogP contribution in [-0.4, -0.2) is 52.2 Å². The van der Waals surface area contributed by atoms with Crippen molar-refractivity contribution in [2.24, 2.45) is 10.9 Å². The van der Waals surface area contributed by atoms with Crippen LogP contribution in [0.5, 0.6) is 11.5 Å². The SMILES string of the molecule is CCNC(=NCC1CCS(=O)(=O)C1)NC(C)c1ccc(OCC)c(OCC)c1.I. The topological polar surface area (TPSA) is 89.0 Å². The molecule has 7 nitrogen and oxygen atoms in total. The van der Waals surface area contributed by atoms with E-state index in [1.165, 1.54) is 0 Å². The zero-order valence-corrected chi connectivity index (χ0v) is 20.9. The van der Waals surface area contributed by atoms with E-state index in [0.29, 0.717) is 32.1 Å². The summed E-state index contributed by atoms with van der Waals surface area (Å²) in [5, 5.41) is 6.63. The number of aliphatic imine (C=N–C) groups is 1. The Morgan fingerprint density at radius 3 is 2.48 bits per heavy atom. The molecule has 0 amide bonds. The number of halogens is 1. The number of nitrogens with one attached hydrogen (secondary N) is 2. The molecule has 9 heteroatoms. The van der Waals surface area contributed by atoms with Gasteiger partial charge >= 0.3 is 0 Å². The van der Waals surface area contributed by atoms with E-state index in [2.05, 4.69) is 22.5 Å². The number of hydrogen-bond acceptors (Lipinski definition) is 5. The lowest BCUT2D eigenvalue weighted by molar-refractivity contribution is 0.287. The molecule has 0 aromatic heterocycles. The summed E-state index contributed by atoms with van der Waals surface area (Å²) in [6.45, 7) is 10.3. The molecule has 1 aliphatic rings. The van der Waals surface area contributed by atoms with Crippen LogP contribution in [0.1, 0.15) is 45.7 Å². The maximum Gasteiger partial charge on any atom is 0.191 e. The molecule has 0 bridgehead atoms. The molecule has 1 heterocycles. The van der Waals surface area contributed by atoms with E-state index >= 15 is 0 Å². The zero-order valence-electron chi connectivity index (χ0n) is 17.7. The molecule has 1 saturated heterocycles. The van der Waals surface area contributed by atoms with Crippen molar-refractivity contribution in [2.45, 2.75) is 40.2 Å². The molecule has 2 atom stereocenters.